The molecule has 45 heavy (non-hydrogen) atoms. The Labute approximate surface area is 271 Å². The minimum Gasteiger partial charge on any atom is -0.393 e. The number of Topliss-reactive ketones (excluding diaryl/α,β-unsaturated/α-hetero) is 1. The lowest BCUT2D eigenvalue weighted by Crippen LogP contribution is -2.50. The first kappa shape index (κ1) is 37.8. The first-order chi connectivity index (χ1) is 20.7. The molecule has 0 spiro atoms. The monoisotopic (exact) mass is 614 g/mol. The Kier molecular flexibility index (Phi) is 12.9. The zero-order valence-corrected chi connectivity index (χ0v) is 29.0. The smallest absolute Gasteiger partial charge is 0.161 e. The Balaban J connectivity index is 1.98. The fourth-order valence-corrected chi connectivity index (χ4v) is 6.23. The molecular weight excluding hydrogens is 560 g/mol. The van der Waals surface area contributed by atoms with Crippen LogP contribution in [-0.2, 0) is 9.59 Å². The highest BCUT2D eigenvalue weighted by Gasteiger charge is 2.49. The Morgan fingerprint density at radius 2 is 1.40 bits per heavy atom. The second kappa shape index (κ2) is 15.3. The predicted octanol–water partition coefficient (Wildman–Crippen LogP) is 8.09. The van der Waals surface area contributed by atoms with Gasteiger partial charge in [0, 0.05) is 30.3 Å². The summed E-state index contributed by atoms with van der Waals surface area (Å²) in [5, 5.41) is 32.3. The summed E-state index contributed by atoms with van der Waals surface area (Å²) in [6, 6.07) is 0. The van der Waals surface area contributed by atoms with Gasteiger partial charge >= 0.3 is 0 Å². The third-order valence-electron chi connectivity index (χ3n) is 8.91. The molecule has 244 valence electrons. The number of hydrogen-bond donors (Lipinski definition) is 3. The summed E-state index contributed by atoms with van der Waals surface area (Å²) in [5.41, 5.74) is 4.88. The van der Waals surface area contributed by atoms with Gasteiger partial charge < -0.3 is 15.3 Å². The van der Waals surface area contributed by atoms with Crippen LogP contribution in [-0.4, -0.2) is 44.2 Å². The lowest BCUT2D eigenvalue weighted by molar-refractivity contribution is -0.132. The summed E-state index contributed by atoms with van der Waals surface area (Å²) in [6.07, 6.45) is 23.4. The van der Waals surface area contributed by atoms with E-state index in [2.05, 4.69) is 5.73 Å². The van der Waals surface area contributed by atoms with Gasteiger partial charge in [0.1, 0.15) is 0 Å². The van der Waals surface area contributed by atoms with E-state index in [0.717, 1.165) is 22.3 Å². The molecule has 5 heteroatoms. The minimum absolute atomic E-state index is 0.0212. The van der Waals surface area contributed by atoms with Gasteiger partial charge in [0.05, 0.1) is 17.3 Å². The van der Waals surface area contributed by atoms with Crippen molar-refractivity contribution in [2.24, 2.45) is 10.8 Å². The van der Waals surface area contributed by atoms with Crippen molar-refractivity contribution in [2.45, 2.75) is 112 Å². The molecule has 2 aliphatic carbocycles. The van der Waals surface area contributed by atoms with Crippen LogP contribution in [0.4, 0.5) is 0 Å². The van der Waals surface area contributed by atoms with E-state index in [1.54, 1.807) is 26.8 Å². The molecule has 0 aromatic heterocycles. The molecule has 2 aliphatic rings. The standard InChI is InChI=1S/C40H54O5/c1-28(17-13-18-30(3)21-22-36-37(6,7)24-34(42)26-39(36,10)44)15-11-12-16-29(2)19-14-20-31(4)35(43)27-40(45)32(5)23-33(41)25-38(40,8)9/h11-21,23,34,42,44-45H,24-27H2,1-10H3/b12-11+,17-13?,19-14+,28-15?,29-16+,30-18?,31-20+. The number of aliphatic hydroxyl groups is 3. The summed E-state index contributed by atoms with van der Waals surface area (Å²) < 4.78 is 0. The molecule has 5 nitrogen and oxygen atoms in total. The quantitative estimate of drug-likeness (QED) is 0.131. The normalized spacial score (nSPS) is 28.2. The zero-order chi connectivity index (χ0) is 34.2. The molecule has 3 unspecified atom stereocenters. The number of hydrogen-bond acceptors (Lipinski definition) is 5. The van der Waals surface area contributed by atoms with Crippen LogP contribution in [0.1, 0.15) is 94.9 Å². The molecule has 0 bridgehead atoms. The zero-order valence-electron chi connectivity index (χ0n) is 29.0. The van der Waals surface area contributed by atoms with Gasteiger partial charge in [-0.1, -0.05) is 99.6 Å². The van der Waals surface area contributed by atoms with E-state index in [4.69, 9.17) is 0 Å². The van der Waals surface area contributed by atoms with Crippen LogP contribution in [0.15, 0.2) is 112 Å². The van der Waals surface area contributed by atoms with E-state index >= 15 is 0 Å². The molecular formula is C40H54O5. The summed E-state index contributed by atoms with van der Waals surface area (Å²) in [7, 11) is 0. The molecule has 1 fully saturated rings. The van der Waals surface area contributed by atoms with E-state index in [1.165, 1.54) is 6.08 Å². The number of allylic oxidation sites excluding steroid dienone is 15. The lowest BCUT2D eigenvalue weighted by atomic mass is 9.62. The van der Waals surface area contributed by atoms with Crippen LogP contribution >= 0.6 is 0 Å². The van der Waals surface area contributed by atoms with Gasteiger partial charge in [-0.3, -0.25) is 9.59 Å². The molecule has 3 atom stereocenters. The first-order valence-electron chi connectivity index (χ1n) is 15.8. The van der Waals surface area contributed by atoms with Gasteiger partial charge in [0.15, 0.2) is 11.6 Å². The SMILES string of the molecule is CC(C=C=C1C(C)(C)CC(O)CC1(C)O)=CC=CC(C)=C/C=C/C=C(C)/C=C/C=C(\C)C(=O)CC1(O)C(C)=CC(=O)CC1(C)C. The van der Waals surface area contributed by atoms with Crippen molar-refractivity contribution in [1.29, 1.82) is 0 Å². The highest BCUT2D eigenvalue weighted by molar-refractivity contribution is 5.97. The molecule has 1 saturated carbocycles. The van der Waals surface area contributed by atoms with E-state index in [-0.39, 0.29) is 29.8 Å². The maximum Gasteiger partial charge on any atom is 0.161 e. The largest absolute Gasteiger partial charge is 0.393 e. The van der Waals surface area contributed by atoms with Gasteiger partial charge in [0.2, 0.25) is 0 Å². The Morgan fingerprint density at radius 3 is 1.93 bits per heavy atom. The predicted molar refractivity (Wildman–Crippen MR) is 185 cm³/mol. The van der Waals surface area contributed by atoms with Crippen molar-refractivity contribution >= 4 is 11.6 Å². The van der Waals surface area contributed by atoms with Crippen LogP contribution < -0.4 is 0 Å². The average Bonchev–Trinajstić information content (AvgIpc) is 2.88. The molecule has 0 aromatic rings. The van der Waals surface area contributed by atoms with E-state index in [0.29, 0.717) is 24.0 Å². The number of rotatable bonds is 10. The van der Waals surface area contributed by atoms with Crippen molar-refractivity contribution in [3.63, 3.8) is 0 Å². The lowest BCUT2D eigenvalue weighted by Gasteiger charge is -2.45. The molecule has 0 amide bonds. The Hall–Kier alpha value is -3.34. The Bertz CT molecular complexity index is 1440. The molecule has 0 aliphatic heterocycles. The number of carbonyl (C=O) groups is 2. The van der Waals surface area contributed by atoms with Crippen LogP contribution in [0.3, 0.4) is 0 Å². The highest BCUT2D eigenvalue weighted by atomic mass is 16.3. The molecule has 0 aromatic carbocycles. The summed E-state index contributed by atoms with van der Waals surface area (Å²) in [5.74, 6) is -0.167. The third kappa shape index (κ3) is 10.6. The summed E-state index contributed by atoms with van der Waals surface area (Å²) in [6.45, 7) is 18.9. The molecule has 0 heterocycles. The first-order valence-corrected chi connectivity index (χ1v) is 15.8. The fraction of sp³-hybridized carbons (Fsp3) is 0.475. The van der Waals surface area contributed by atoms with E-state index < -0.39 is 22.7 Å². The Morgan fingerprint density at radius 1 is 0.867 bits per heavy atom. The van der Waals surface area contributed by atoms with E-state index in [9.17, 15) is 24.9 Å². The van der Waals surface area contributed by atoms with Crippen molar-refractivity contribution < 1.29 is 24.9 Å². The molecule has 0 radical (unpaired) electrons. The highest BCUT2D eigenvalue weighted by Crippen LogP contribution is 2.46. The number of carbonyl (C=O) groups excluding carboxylic acids is 2. The van der Waals surface area contributed by atoms with Crippen molar-refractivity contribution in [3.8, 4) is 0 Å². The molecule has 3 N–H and O–H groups in total. The van der Waals surface area contributed by atoms with Gasteiger partial charge in [-0.25, -0.2) is 0 Å². The minimum atomic E-state index is -1.34. The summed E-state index contributed by atoms with van der Waals surface area (Å²) in [4.78, 5) is 24.9. The second-order valence-electron chi connectivity index (χ2n) is 14.4. The van der Waals surface area contributed by atoms with Crippen LogP contribution in [0.25, 0.3) is 0 Å². The maximum atomic E-state index is 12.9. The average molecular weight is 615 g/mol. The van der Waals surface area contributed by atoms with Crippen molar-refractivity contribution in [2.75, 3.05) is 0 Å². The topological polar surface area (TPSA) is 94.8 Å². The molecule has 2 rings (SSSR count). The second-order valence-corrected chi connectivity index (χ2v) is 14.4. The van der Waals surface area contributed by atoms with Crippen LogP contribution in [0.5, 0.6) is 0 Å². The summed E-state index contributed by atoms with van der Waals surface area (Å²) >= 11 is 0. The van der Waals surface area contributed by atoms with Gasteiger partial charge in [0.25, 0.3) is 0 Å². The van der Waals surface area contributed by atoms with Crippen molar-refractivity contribution in [3.05, 3.63) is 112 Å². The number of aliphatic hydroxyl groups excluding tert-OH is 1. The van der Waals surface area contributed by atoms with Gasteiger partial charge in [-0.2, -0.15) is 0 Å². The number of ketones is 2. The maximum absolute atomic E-state index is 12.9. The van der Waals surface area contributed by atoms with Crippen LogP contribution in [0, 0.1) is 10.8 Å². The third-order valence-corrected chi connectivity index (χ3v) is 8.91. The van der Waals surface area contributed by atoms with Gasteiger partial charge in [-0.05, 0) is 82.2 Å². The molecule has 0 saturated heterocycles. The van der Waals surface area contributed by atoms with E-state index in [1.807, 2.05) is 109 Å². The van der Waals surface area contributed by atoms with Crippen molar-refractivity contribution in [1.82, 2.24) is 0 Å². The van der Waals surface area contributed by atoms with Crippen LogP contribution in [0.2, 0.25) is 0 Å². The van der Waals surface area contributed by atoms with Gasteiger partial charge in [-0.15, -0.1) is 5.73 Å². The fourth-order valence-electron chi connectivity index (χ4n) is 6.23.